The monoisotopic (exact) mass is 436 g/mol. The molecule has 0 radical (unpaired) electrons. The van der Waals surface area contributed by atoms with Crippen molar-refractivity contribution in [1.82, 2.24) is 14.8 Å². The van der Waals surface area contributed by atoms with E-state index in [2.05, 4.69) is 15.5 Å². The van der Waals surface area contributed by atoms with Gasteiger partial charge in [-0.2, -0.15) is 0 Å². The number of carbonyl (C=O) groups is 1. The maximum absolute atomic E-state index is 12.5. The Labute approximate surface area is 177 Å². The van der Waals surface area contributed by atoms with Crippen molar-refractivity contribution in [2.45, 2.75) is 17.3 Å². The zero-order valence-corrected chi connectivity index (χ0v) is 17.8. The fraction of sp³-hybridized carbons (Fsp3) is 0.211. The number of halogens is 2. The number of nitrogens with zero attached hydrogens (tertiary/aromatic N) is 3. The number of methoxy groups -OCH3 is 1. The number of nitrogens with one attached hydrogen (secondary N) is 1. The normalized spacial score (nSPS) is 11.9. The summed E-state index contributed by atoms with van der Waals surface area (Å²) in [7, 11) is 3.40. The van der Waals surface area contributed by atoms with Crippen LogP contribution in [0.1, 0.15) is 6.92 Å². The minimum Gasteiger partial charge on any atom is -0.495 e. The van der Waals surface area contributed by atoms with Crippen LogP contribution in [0.25, 0.3) is 11.4 Å². The van der Waals surface area contributed by atoms with E-state index in [9.17, 15) is 4.79 Å². The van der Waals surface area contributed by atoms with Crippen molar-refractivity contribution in [3.05, 3.63) is 52.5 Å². The highest BCUT2D eigenvalue weighted by atomic mass is 35.5. The Bertz CT molecular complexity index is 992. The van der Waals surface area contributed by atoms with Crippen LogP contribution >= 0.6 is 35.0 Å². The first-order valence-corrected chi connectivity index (χ1v) is 9.99. The molecule has 28 heavy (non-hydrogen) atoms. The van der Waals surface area contributed by atoms with E-state index in [4.69, 9.17) is 27.9 Å². The first-order chi connectivity index (χ1) is 13.4. The number of thioether (sulfide) groups is 1. The van der Waals surface area contributed by atoms with Crippen LogP contribution in [0.2, 0.25) is 10.0 Å². The van der Waals surface area contributed by atoms with E-state index in [-0.39, 0.29) is 11.2 Å². The van der Waals surface area contributed by atoms with Crippen molar-refractivity contribution in [1.29, 1.82) is 0 Å². The highest BCUT2D eigenvalue weighted by Crippen LogP contribution is 2.29. The average Bonchev–Trinajstić information content (AvgIpc) is 3.03. The maximum atomic E-state index is 12.5. The Morgan fingerprint density at radius 2 is 1.89 bits per heavy atom. The number of hydrogen-bond acceptors (Lipinski definition) is 5. The van der Waals surface area contributed by atoms with E-state index in [0.29, 0.717) is 32.5 Å². The molecule has 1 heterocycles. The molecule has 1 N–H and O–H groups in total. The molecule has 0 saturated carbocycles. The average molecular weight is 437 g/mol. The summed E-state index contributed by atoms with van der Waals surface area (Å²) in [6.07, 6.45) is 0. The highest BCUT2D eigenvalue weighted by Gasteiger charge is 2.20. The fourth-order valence-corrected chi connectivity index (χ4v) is 3.67. The summed E-state index contributed by atoms with van der Waals surface area (Å²) in [4.78, 5) is 12.5. The molecule has 0 spiro atoms. The number of hydrogen-bond donors (Lipinski definition) is 1. The number of amides is 1. The van der Waals surface area contributed by atoms with Gasteiger partial charge in [0.25, 0.3) is 0 Å². The first-order valence-electron chi connectivity index (χ1n) is 8.35. The second kappa shape index (κ2) is 8.86. The number of aromatic nitrogens is 3. The lowest BCUT2D eigenvalue weighted by molar-refractivity contribution is -0.115. The van der Waals surface area contributed by atoms with Gasteiger partial charge in [-0.15, -0.1) is 10.2 Å². The van der Waals surface area contributed by atoms with Gasteiger partial charge < -0.3 is 14.6 Å². The Balaban J connectivity index is 1.69. The largest absolute Gasteiger partial charge is 0.495 e. The van der Waals surface area contributed by atoms with Crippen molar-refractivity contribution in [2.24, 2.45) is 7.05 Å². The van der Waals surface area contributed by atoms with Gasteiger partial charge in [0, 0.05) is 23.3 Å². The molecule has 2 aromatic carbocycles. The summed E-state index contributed by atoms with van der Waals surface area (Å²) >= 11 is 13.4. The SMILES string of the molecule is COc1ccc(NC(=O)C(C)Sc2nnc(-c3ccc(Cl)cc3)n2C)cc1Cl. The summed E-state index contributed by atoms with van der Waals surface area (Å²) in [5.41, 5.74) is 1.50. The highest BCUT2D eigenvalue weighted by molar-refractivity contribution is 8.00. The van der Waals surface area contributed by atoms with E-state index in [1.807, 2.05) is 30.7 Å². The number of ether oxygens (including phenoxy) is 1. The van der Waals surface area contributed by atoms with Gasteiger partial charge in [0.1, 0.15) is 5.75 Å². The van der Waals surface area contributed by atoms with Crippen molar-refractivity contribution in [2.75, 3.05) is 12.4 Å². The summed E-state index contributed by atoms with van der Waals surface area (Å²) in [5, 5.41) is 12.6. The third-order valence-electron chi connectivity index (χ3n) is 4.01. The molecule has 0 aliphatic rings. The molecule has 0 aliphatic carbocycles. The van der Waals surface area contributed by atoms with Crippen molar-refractivity contribution < 1.29 is 9.53 Å². The van der Waals surface area contributed by atoms with Crippen LogP contribution in [0.5, 0.6) is 5.75 Å². The van der Waals surface area contributed by atoms with E-state index in [1.165, 1.54) is 18.9 Å². The van der Waals surface area contributed by atoms with Gasteiger partial charge >= 0.3 is 0 Å². The third-order valence-corrected chi connectivity index (χ3v) is 5.69. The Morgan fingerprint density at radius 1 is 1.18 bits per heavy atom. The van der Waals surface area contributed by atoms with Crippen molar-refractivity contribution in [3.8, 4) is 17.1 Å². The number of rotatable bonds is 6. The van der Waals surface area contributed by atoms with Crippen LogP contribution in [0.3, 0.4) is 0 Å². The maximum Gasteiger partial charge on any atom is 0.237 e. The van der Waals surface area contributed by atoms with Gasteiger partial charge in [-0.3, -0.25) is 4.79 Å². The van der Waals surface area contributed by atoms with Gasteiger partial charge in [0.05, 0.1) is 17.4 Å². The quantitative estimate of drug-likeness (QED) is 0.555. The van der Waals surface area contributed by atoms with Crippen molar-refractivity contribution >= 4 is 46.6 Å². The molecular formula is C19H18Cl2N4O2S. The molecule has 1 aromatic heterocycles. The van der Waals surface area contributed by atoms with Crippen LogP contribution < -0.4 is 10.1 Å². The van der Waals surface area contributed by atoms with Gasteiger partial charge in [-0.25, -0.2) is 0 Å². The van der Waals surface area contributed by atoms with Gasteiger partial charge in [-0.1, -0.05) is 35.0 Å². The minimum absolute atomic E-state index is 0.165. The van der Waals surface area contributed by atoms with Crippen LogP contribution in [-0.2, 0) is 11.8 Å². The molecule has 0 saturated heterocycles. The van der Waals surface area contributed by atoms with Gasteiger partial charge in [-0.05, 0) is 49.4 Å². The van der Waals surface area contributed by atoms with E-state index in [0.717, 1.165) is 5.56 Å². The van der Waals surface area contributed by atoms with Crippen LogP contribution in [0.15, 0.2) is 47.6 Å². The van der Waals surface area contributed by atoms with Gasteiger partial charge in [0.2, 0.25) is 5.91 Å². The zero-order chi connectivity index (χ0) is 20.3. The second-order valence-corrected chi connectivity index (χ2v) is 8.12. The second-order valence-electron chi connectivity index (χ2n) is 5.97. The molecule has 0 bridgehead atoms. The standard InChI is InChI=1S/C19H18Cl2N4O2S/c1-11(18(26)22-14-8-9-16(27-3)15(21)10-14)28-19-24-23-17(25(19)2)12-4-6-13(20)7-5-12/h4-11H,1-3H3,(H,22,26). The molecule has 0 aliphatic heterocycles. The van der Waals surface area contributed by atoms with Crippen LogP contribution in [0.4, 0.5) is 5.69 Å². The molecule has 1 atom stereocenters. The number of anilines is 1. The lowest BCUT2D eigenvalue weighted by Crippen LogP contribution is -2.22. The molecule has 6 nitrogen and oxygen atoms in total. The van der Waals surface area contributed by atoms with Gasteiger partial charge in [0.15, 0.2) is 11.0 Å². The van der Waals surface area contributed by atoms with E-state index in [1.54, 1.807) is 30.3 Å². The first kappa shape index (κ1) is 20.5. The van der Waals surface area contributed by atoms with E-state index >= 15 is 0 Å². The molecule has 0 fully saturated rings. The molecule has 1 amide bonds. The summed E-state index contributed by atoms with van der Waals surface area (Å²) in [6, 6.07) is 12.5. The topological polar surface area (TPSA) is 69.0 Å². The summed E-state index contributed by atoms with van der Waals surface area (Å²) < 4.78 is 6.96. The smallest absolute Gasteiger partial charge is 0.237 e. The van der Waals surface area contributed by atoms with Crippen LogP contribution in [0, 0.1) is 0 Å². The molecule has 3 aromatic rings. The lowest BCUT2D eigenvalue weighted by Gasteiger charge is -2.12. The number of benzene rings is 2. The lowest BCUT2D eigenvalue weighted by atomic mass is 10.2. The predicted octanol–water partition coefficient (Wildman–Crippen LogP) is 4.92. The summed E-state index contributed by atoms with van der Waals surface area (Å²) in [5.74, 6) is 1.09. The van der Waals surface area contributed by atoms with Crippen LogP contribution in [-0.4, -0.2) is 33.0 Å². The zero-order valence-electron chi connectivity index (χ0n) is 15.4. The Kier molecular flexibility index (Phi) is 6.49. The Morgan fingerprint density at radius 3 is 2.54 bits per heavy atom. The molecule has 3 rings (SSSR count). The fourth-order valence-electron chi connectivity index (χ4n) is 2.47. The van der Waals surface area contributed by atoms with E-state index < -0.39 is 0 Å². The predicted molar refractivity (Wildman–Crippen MR) is 113 cm³/mol. The third kappa shape index (κ3) is 4.60. The number of carbonyl (C=O) groups excluding carboxylic acids is 1. The molecule has 9 heteroatoms. The van der Waals surface area contributed by atoms with Crippen molar-refractivity contribution in [3.63, 3.8) is 0 Å². The minimum atomic E-state index is -0.387. The Hall–Kier alpha value is -2.22. The summed E-state index contributed by atoms with van der Waals surface area (Å²) in [6.45, 7) is 1.81. The molecule has 1 unspecified atom stereocenters. The molecular weight excluding hydrogens is 419 g/mol. The molecule has 146 valence electrons.